The molecular formula is C24H20FNO5. The molecule has 7 heteroatoms. The number of amides is 1. The Morgan fingerprint density at radius 2 is 1.74 bits per heavy atom. The predicted octanol–water partition coefficient (Wildman–Crippen LogP) is 4.83. The number of ketones is 1. The molecule has 2 aromatic carbocycles. The van der Waals surface area contributed by atoms with Gasteiger partial charge in [-0.3, -0.25) is 14.5 Å². The topological polar surface area (TPSA) is 80.0 Å². The summed E-state index contributed by atoms with van der Waals surface area (Å²) in [5.74, 6) is -1.61. The summed E-state index contributed by atoms with van der Waals surface area (Å²) in [6.07, 6.45) is 1.41. The van der Waals surface area contributed by atoms with E-state index in [0.29, 0.717) is 17.2 Å². The first-order chi connectivity index (χ1) is 14.9. The lowest BCUT2D eigenvalue weighted by Gasteiger charge is -2.23. The van der Waals surface area contributed by atoms with E-state index in [4.69, 9.17) is 9.15 Å². The number of hydrogen-bond acceptors (Lipinski definition) is 5. The van der Waals surface area contributed by atoms with E-state index in [1.54, 1.807) is 36.4 Å². The number of benzene rings is 2. The SMILES string of the molecule is CC(C)Oc1ccc(N2C(=O)C(=O)/C(=C(\O)c3ccc(F)cc3)C2c2ccco2)cc1. The van der Waals surface area contributed by atoms with E-state index >= 15 is 0 Å². The molecule has 0 saturated carbocycles. The van der Waals surface area contributed by atoms with Crippen molar-refractivity contribution in [2.75, 3.05) is 4.90 Å². The van der Waals surface area contributed by atoms with Crippen molar-refractivity contribution in [1.82, 2.24) is 0 Å². The van der Waals surface area contributed by atoms with Crippen LogP contribution in [0.1, 0.15) is 31.2 Å². The number of aliphatic hydroxyl groups excluding tert-OH is 1. The molecule has 1 amide bonds. The molecule has 2 heterocycles. The zero-order chi connectivity index (χ0) is 22.1. The highest BCUT2D eigenvalue weighted by atomic mass is 19.1. The zero-order valence-electron chi connectivity index (χ0n) is 16.9. The molecule has 0 radical (unpaired) electrons. The van der Waals surface area contributed by atoms with Gasteiger partial charge in [0, 0.05) is 11.3 Å². The molecular weight excluding hydrogens is 401 g/mol. The highest BCUT2D eigenvalue weighted by molar-refractivity contribution is 6.51. The van der Waals surface area contributed by atoms with Crippen LogP contribution < -0.4 is 9.64 Å². The van der Waals surface area contributed by atoms with Gasteiger partial charge in [0.25, 0.3) is 11.7 Å². The third-order valence-electron chi connectivity index (χ3n) is 4.86. The maximum atomic E-state index is 13.3. The van der Waals surface area contributed by atoms with E-state index < -0.39 is 29.3 Å². The van der Waals surface area contributed by atoms with Crippen LogP contribution in [0.2, 0.25) is 0 Å². The fraction of sp³-hybridized carbons (Fsp3) is 0.167. The van der Waals surface area contributed by atoms with E-state index in [-0.39, 0.29) is 17.2 Å². The Morgan fingerprint density at radius 3 is 2.32 bits per heavy atom. The Labute approximate surface area is 178 Å². The third kappa shape index (κ3) is 3.82. The fourth-order valence-corrected chi connectivity index (χ4v) is 3.54. The fourth-order valence-electron chi connectivity index (χ4n) is 3.54. The van der Waals surface area contributed by atoms with Gasteiger partial charge in [-0.25, -0.2) is 4.39 Å². The van der Waals surface area contributed by atoms with E-state index in [9.17, 15) is 19.1 Å². The second-order valence-corrected chi connectivity index (χ2v) is 7.35. The van der Waals surface area contributed by atoms with Gasteiger partial charge in [0.15, 0.2) is 0 Å². The number of furan rings is 1. The molecule has 1 N–H and O–H groups in total. The second kappa shape index (κ2) is 8.10. The molecule has 6 nitrogen and oxygen atoms in total. The largest absolute Gasteiger partial charge is 0.507 e. The van der Waals surface area contributed by atoms with E-state index in [1.807, 2.05) is 13.8 Å². The first-order valence-corrected chi connectivity index (χ1v) is 9.74. The number of ether oxygens (including phenoxy) is 1. The molecule has 1 aliphatic heterocycles. The van der Waals surface area contributed by atoms with Crippen molar-refractivity contribution in [3.63, 3.8) is 0 Å². The average Bonchev–Trinajstić information content (AvgIpc) is 3.36. The van der Waals surface area contributed by atoms with E-state index in [2.05, 4.69) is 0 Å². The number of anilines is 1. The maximum Gasteiger partial charge on any atom is 0.300 e. The van der Waals surface area contributed by atoms with Crippen LogP contribution >= 0.6 is 0 Å². The number of carbonyl (C=O) groups is 2. The monoisotopic (exact) mass is 421 g/mol. The Balaban J connectivity index is 1.82. The Hall–Kier alpha value is -3.87. The summed E-state index contributed by atoms with van der Waals surface area (Å²) in [5, 5.41) is 10.9. The standard InChI is InChI=1S/C24H20FNO5/c1-14(2)31-18-11-9-17(10-12-18)26-21(19-4-3-13-30-19)20(23(28)24(26)29)22(27)15-5-7-16(25)8-6-15/h3-14,21,27H,1-2H3/b22-20-. The van der Waals surface area contributed by atoms with E-state index in [1.165, 1.54) is 35.4 Å². The van der Waals surface area contributed by atoms with Gasteiger partial charge in [0.2, 0.25) is 0 Å². The van der Waals surface area contributed by atoms with Gasteiger partial charge in [0.1, 0.15) is 29.1 Å². The quantitative estimate of drug-likeness (QED) is 0.363. The third-order valence-corrected chi connectivity index (χ3v) is 4.86. The van der Waals surface area contributed by atoms with Gasteiger partial charge in [-0.15, -0.1) is 0 Å². The lowest BCUT2D eigenvalue weighted by atomic mass is 9.99. The molecule has 31 heavy (non-hydrogen) atoms. The summed E-state index contributed by atoms with van der Waals surface area (Å²) < 4.78 is 24.4. The lowest BCUT2D eigenvalue weighted by Crippen LogP contribution is -2.29. The van der Waals surface area contributed by atoms with Crippen molar-refractivity contribution < 1.29 is 28.2 Å². The van der Waals surface area contributed by atoms with Gasteiger partial charge in [-0.2, -0.15) is 0 Å². The molecule has 0 spiro atoms. The van der Waals surface area contributed by atoms with Crippen molar-refractivity contribution in [2.45, 2.75) is 26.0 Å². The molecule has 0 bridgehead atoms. The second-order valence-electron chi connectivity index (χ2n) is 7.35. The van der Waals surface area contributed by atoms with Crippen LogP contribution in [-0.2, 0) is 9.59 Å². The van der Waals surface area contributed by atoms with Gasteiger partial charge in [-0.1, -0.05) is 0 Å². The van der Waals surface area contributed by atoms with Crippen molar-refractivity contribution >= 4 is 23.1 Å². The molecule has 1 fully saturated rings. The molecule has 1 unspecified atom stereocenters. The number of nitrogens with zero attached hydrogens (tertiary/aromatic N) is 1. The van der Waals surface area contributed by atoms with Gasteiger partial charge < -0.3 is 14.3 Å². The molecule has 4 rings (SSSR count). The molecule has 1 aliphatic rings. The summed E-state index contributed by atoms with van der Waals surface area (Å²) in [6.45, 7) is 3.80. The first kappa shape index (κ1) is 20.4. The average molecular weight is 421 g/mol. The normalized spacial score (nSPS) is 18.1. The minimum absolute atomic E-state index is 0.0149. The summed E-state index contributed by atoms with van der Waals surface area (Å²) in [5.41, 5.74) is 0.531. The van der Waals surface area contributed by atoms with Crippen LogP contribution in [0.3, 0.4) is 0 Å². The Morgan fingerprint density at radius 1 is 1.06 bits per heavy atom. The van der Waals surface area contributed by atoms with Crippen LogP contribution in [0.25, 0.3) is 5.76 Å². The molecule has 1 atom stereocenters. The molecule has 1 aromatic heterocycles. The lowest BCUT2D eigenvalue weighted by molar-refractivity contribution is -0.132. The summed E-state index contributed by atoms with van der Waals surface area (Å²) in [4.78, 5) is 27.2. The number of rotatable bonds is 5. The first-order valence-electron chi connectivity index (χ1n) is 9.74. The van der Waals surface area contributed by atoms with Crippen molar-refractivity contribution in [2.24, 2.45) is 0 Å². The highest BCUT2D eigenvalue weighted by Crippen LogP contribution is 2.42. The summed E-state index contributed by atoms with van der Waals surface area (Å²) in [7, 11) is 0. The minimum atomic E-state index is -0.975. The number of halogens is 1. The minimum Gasteiger partial charge on any atom is -0.507 e. The molecule has 1 saturated heterocycles. The van der Waals surface area contributed by atoms with Gasteiger partial charge in [0.05, 0.1) is 17.9 Å². The predicted molar refractivity (Wildman–Crippen MR) is 112 cm³/mol. The molecule has 0 aliphatic carbocycles. The van der Waals surface area contributed by atoms with Crippen LogP contribution in [0.15, 0.2) is 76.9 Å². The van der Waals surface area contributed by atoms with Crippen LogP contribution in [0.4, 0.5) is 10.1 Å². The van der Waals surface area contributed by atoms with Crippen LogP contribution in [-0.4, -0.2) is 22.9 Å². The zero-order valence-corrected chi connectivity index (χ0v) is 16.9. The number of carbonyl (C=O) groups excluding carboxylic acids is 2. The van der Waals surface area contributed by atoms with Crippen molar-refractivity contribution in [3.8, 4) is 5.75 Å². The number of Topliss-reactive ketones (excluding diaryl/α,β-unsaturated/α-hetero) is 1. The Bertz CT molecular complexity index is 1130. The number of hydrogen-bond donors (Lipinski definition) is 1. The van der Waals surface area contributed by atoms with E-state index in [0.717, 1.165) is 0 Å². The van der Waals surface area contributed by atoms with Crippen molar-refractivity contribution in [1.29, 1.82) is 0 Å². The molecule has 3 aromatic rings. The van der Waals surface area contributed by atoms with Gasteiger partial charge >= 0.3 is 0 Å². The van der Waals surface area contributed by atoms with Crippen LogP contribution in [0, 0.1) is 5.82 Å². The molecule has 158 valence electrons. The highest BCUT2D eigenvalue weighted by Gasteiger charge is 2.48. The van der Waals surface area contributed by atoms with Crippen LogP contribution in [0.5, 0.6) is 5.75 Å². The number of aliphatic hydroxyl groups is 1. The summed E-state index contributed by atoms with van der Waals surface area (Å²) in [6, 6.07) is 14.0. The smallest absolute Gasteiger partial charge is 0.300 e. The van der Waals surface area contributed by atoms with Gasteiger partial charge in [-0.05, 0) is 74.5 Å². The van der Waals surface area contributed by atoms with Crippen molar-refractivity contribution in [3.05, 3.63) is 89.6 Å². The Kier molecular flexibility index (Phi) is 5.33. The maximum absolute atomic E-state index is 13.3. The summed E-state index contributed by atoms with van der Waals surface area (Å²) >= 11 is 0.